The van der Waals surface area contributed by atoms with Gasteiger partial charge in [0.05, 0.1) is 30.8 Å². The lowest BCUT2D eigenvalue weighted by Gasteiger charge is -2.44. The van der Waals surface area contributed by atoms with Crippen LogP contribution in [0.4, 0.5) is 0 Å². The molecule has 3 heterocycles. The molecular formula is C42H67NO10. The van der Waals surface area contributed by atoms with Gasteiger partial charge < -0.3 is 42.8 Å². The Morgan fingerprint density at radius 3 is 2.21 bits per heavy atom. The van der Waals surface area contributed by atoms with E-state index in [2.05, 4.69) is 51.9 Å². The van der Waals surface area contributed by atoms with Gasteiger partial charge in [0.2, 0.25) is 0 Å². The number of hydrogen-bond donors (Lipinski definition) is 0. The fraction of sp³-hybridized carbons (Fsp3) is 0.857. The second kappa shape index (κ2) is 17.6. The maximum atomic E-state index is 14.7. The first kappa shape index (κ1) is 40.9. The number of ether oxygens (including phenoxy) is 8. The van der Waals surface area contributed by atoms with Gasteiger partial charge in [0.15, 0.2) is 18.4 Å². The summed E-state index contributed by atoms with van der Waals surface area (Å²) in [5, 5.41) is 0. The minimum atomic E-state index is -0.598. The first-order valence-electron chi connectivity index (χ1n) is 20.4. The molecule has 3 aliphatic carbocycles. The lowest BCUT2D eigenvalue weighted by atomic mass is 9.67. The van der Waals surface area contributed by atoms with Crippen molar-refractivity contribution in [2.75, 3.05) is 35.4 Å². The number of hydrogen-bond acceptors (Lipinski definition) is 11. The quantitative estimate of drug-likeness (QED) is 0.209. The van der Waals surface area contributed by atoms with Gasteiger partial charge >= 0.3 is 5.97 Å². The van der Waals surface area contributed by atoms with Crippen LogP contribution in [0, 0.1) is 35.5 Å². The SMILES string of the molecule is CC[C@H]1CCC[C@H](OC2CCC(N(C)C)C(C)O2)[C@@H](C)C(=O)C2=C[C@@H]3[C@@H](C=C(C)[C@@H]4C[C@@H](OC5OC(C)C(OC)C(OC)C5OC)C[C@@H]34)[C@@H]2CC(=O)O1. The zero-order valence-corrected chi connectivity index (χ0v) is 33.9. The van der Waals surface area contributed by atoms with Crippen molar-refractivity contribution < 1.29 is 47.5 Å². The van der Waals surface area contributed by atoms with E-state index in [4.69, 9.17) is 37.9 Å². The highest BCUT2D eigenvalue weighted by Gasteiger charge is 2.53. The third-order valence-electron chi connectivity index (χ3n) is 13.7. The smallest absolute Gasteiger partial charge is 0.306 e. The summed E-state index contributed by atoms with van der Waals surface area (Å²) in [6, 6.07) is 0.337. The summed E-state index contributed by atoms with van der Waals surface area (Å²) < 4.78 is 49.8. The molecule has 53 heavy (non-hydrogen) atoms. The summed E-state index contributed by atoms with van der Waals surface area (Å²) in [6.45, 7) is 10.4. The molecule has 11 nitrogen and oxygen atoms in total. The molecule has 8 unspecified atom stereocenters. The molecule has 3 aliphatic heterocycles. The molecule has 4 fully saturated rings. The molecule has 0 radical (unpaired) electrons. The Labute approximate surface area is 317 Å². The van der Waals surface area contributed by atoms with Crippen LogP contribution in [0.15, 0.2) is 23.3 Å². The number of carbonyl (C=O) groups excluding carboxylic acids is 2. The topological polar surface area (TPSA) is 111 Å². The Bertz CT molecular complexity index is 1330. The molecule has 1 saturated carbocycles. The summed E-state index contributed by atoms with van der Waals surface area (Å²) in [4.78, 5) is 30.5. The molecule has 6 rings (SSSR count). The zero-order chi connectivity index (χ0) is 38.1. The van der Waals surface area contributed by atoms with E-state index in [9.17, 15) is 9.59 Å². The Kier molecular flexibility index (Phi) is 13.6. The average molecular weight is 746 g/mol. The highest BCUT2D eigenvalue weighted by Crippen LogP contribution is 2.56. The normalized spacial score (nSPS) is 45.3. The first-order valence-corrected chi connectivity index (χ1v) is 20.4. The first-order chi connectivity index (χ1) is 25.4. The van der Waals surface area contributed by atoms with Crippen LogP contribution in [-0.2, 0) is 47.5 Å². The number of allylic oxidation sites excluding steroid dienone is 4. The minimum Gasteiger partial charge on any atom is -0.462 e. The summed E-state index contributed by atoms with van der Waals surface area (Å²) in [7, 11) is 9.16. The van der Waals surface area contributed by atoms with E-state index < -0.39 is 12.4 Å². The van der Waals surface area contributed by atoms with E-state index in [1.807, 2.05) is 13.8 Å². The number of methoxy groups -OCH3 is 3. The molecule has 0 spiro atoms. The average Bonchev–Trinajstić information content (AvgIpc) is 3.71. The molecular weight excluding hydrogens is 678 g/mol. The fourth-order valence-corrected chi connectivity index (χ4v) is 10.8. The molecule has 6 aliphatic rings. The van der Waals surface area contributed by atoms with Gasteiger partial charge in [-0.1, -0.05) is 31.6 Å². The standard InChI is InChI=1S/C42H67NO10/c1-11-26-13-12-14-35(53-37-16-15-34(43(6)7)24(4)49-37)23(3)38(45)33-20-31-29(32(33)21-36(44)51-26)17-22(2)28-18-27(19-30(28)31)52-42-41(48-10)40(47-9)39(46-8)25(5)50-42/h17,20,23-32,34-35,37,39-42H,11-16,18-19,21H2,1-10H3/t23-,24?,25?,26+,27-,28+,29-,30-,31-,32+,34?,35+,37?,39?,40?,41?,42?/m1/s1. The number of Topliss-reactive ketones (excluding diaryl/α,β-unsaturated/α-hetero) is 1. The van der Waals surface area contributed by atoms with Gasteiger partial charge in [-0.15, -0.1) is 0 Å². The van der Waals surface area contributed by atoms with Crippen molar-refractivity contribution in [2.45, 2.75) is 160 Å². The molecule has 0 bridgehead atoms. The number of esters is 1. The van der Waals surface area contributed by atoms with Crippen LogP contribution >= 0.6 is 0 Å². The largest absolute Gasteiger partial charge is 0.462 e. The predicted octanol–water partition coefficient (Wildman–Crippen LogP) is 5.88. The number of carbonyl (C=O) groups is 2. The van der Waals surface area contributed by atoms with E-state index in [-0.39, 0.29) is 96.8 Å². The molecule has 0 aromatic heterocycles. The molecule has 0 aromatic rings. The van der Waals surface area contributed by atoms with E-state index in [0.29, 0.717) is 18.4 Å². The van der Waals surface area contributed by atoms with Gasteiger partial charge in [0, 0.05) is 39.2 Å². The Morgan fingerprint density at radius 2 is 1.55 bits per heavy atom. The van der Waals surface area contributed by atoms with Crippen LogP contribution < -0.4 is 0 Å². The van der Waals surface area contributed by atoms with Crippen molar-refractivity contribution >= 4 is 11.8 Å². The van der Waals surface area contributed by atoms with Crippen LogP contribution in [0.1, 0.15) is 92.4 Å². The van der Waals surface area contributed by atoms with Crippen molar-refractivity contribution in [3.8, 4) is 0 Å². The van der Waals surface area contributed by atoms with Crippen molar-refractivity contribution in [2.24, 2.45) is 35.5 Å². The Morgan fingerprint density at radius 1 is 0.811 bits per heavy atom. The molecule has 300 valence electrons. The summed E-state index contributed by atoms with van der Waals surface area (Å²) >= 11 is 0. The van der Waals surface area contributed by atoms with Gasteiger partial charge in [-0.05, 0) is 115 Å². The van der Waals surface area contributed by atoms with Gasteiger partial charge in [-0.25, -0.2) is 0 Å². The number of likely N-dealkylation sites (N-methyl/N-ethyl adjacent to an activating group) is 1. The van der Waals surface area contributed by atoms with Crippen LogP contribution in [0.3, 0.4) is 0 Å². The number of nitrogens with zero attached hydrogens (tertiary/aromatic N) is 1. The molecule has 17 atom stereocenters. The molecule has 3 saturated heterocycles. The van der Waals surface area contributed by atoms with Crippen LogP contribution in [0.25, 0.3) is 0 Å². The maximum Gasteiger partial charge on any atom is 0.306 e. The summed E-state index contributed by atoms with van der Waals surface area (Å²) in [5.41, 5.74) is 2.07. The zero-order valence-electron chi connectivity index (χ0n) is 33.9. The van der Waals surface area contributed by atoms with Crippen LogP contribution in [0.5, 0.6) is 0 Å². The van der Waals surface area contributed by atoms with Crippen molar-refractivity contribution in [3.63, 3.8) is 0 Å². The molecule has 0 N–H and O–H groups in total. The molecule has 0 amide bonds. The number of rotatable bonds is 9. The lowest BCUT2D eigenvalue weighted by molar-refractivity contribution is -0.314. The number of fused-ring (bicyclic) bond motifs is 5. The summed E-state index contributed by atoms with van der Waals surface area (Å²) in [5.74, 6) is 0.00947. The summed E-state index contributed by atoms with van der Waals surface area (Å²) in [6.07, 6.45) is 8.58. The Hall–Kier alpha value is -1.70. The van der Waals surface area contributed by atoms with Gasteiger partial charge in [0.1, 0.15) is 24.4 Å². The second-order valence-corrected chi connectivity index (χ2v) is 17.0. The number of ketones is 1. The third kappa shape index (κ3) is 8.53. The predicted molar refractivity (Wildman–Crippen MR) is 199 cm³/mol. The highest BCUT2D eigenvalue weighted by molar-refractivity contribution is 5.99. The van der Waals surface area contributed by atoms with E-state index >= 15 is 0 Å². The second-order valence-electron chi connectivity index (χ2n) is 17.0. The monoisotopic (exact) mass is 745 g/mol. The Balaban J connectivity index is 1.23. The van der Waals surface area contributed by atoms with E-state index in [0.717, 1.165) is 50.5 Å². The van der Waals surface area contributed by atoms with Crippen LogP contribution in [-0.4, -0.2) is 120 Å². The van der Waals surface area contributed by atoms with E-state index in [1.54, 1.807) is 21.3 Å². The third-order valence-corrected chi connectivity index (χ3v) is 13.7. The van der Waals surface area contributed by atoms with E-state index in [1.165, 1.54) is 5.57 Å². The highest BCUT2D eigenvalue weighted by atomic mass is 16.7. The molecule has 0 aromatic carbocycles. The molecule has 11 heteroatoms. The van der Waals surface area contributed by atoms with Gasteiger partial charge in [-0.3, -0.25) is 9.59 Å². The van der Waals surface area contributed by atoms with Crippen molar-refractivity contribution in [3.05, 3.63) is 23.3 Å². The van der Waals surface area contributed by atoms with Crippen molar-refractivity contribution in [1.82, 2.24) is 4.90 Å². The van der Waals surface area contributed by atoms with Gasteiger partial charge in [-0.2, -0.15) is 0 Å². The minimum absolute atomic E-state index is 0.0364. The maximum absolute atomic E-state index is 14.7. The van der Waals surface area contributed by atoms with Crippen molar-refractivity contribution in [1.29, 1.82) is 0 Å². The number of cyclic esters (lactones) is 1. The van der Waals surface area contributed by atoms with Gasteiger partial charge in [0.25, 0.3) is 0 Å². The fourth-order valence-electron chi connectivity index (χ4n) is 10.8. The lowest BCUT2D eigenvalue weighted by Crippen LogP contribution is -2.59. The van der Waals surface area contributed by atoms with Crippen LogP contribution in [0.2, 0.25) is 0 Å².